The maximum absolute atomic E-state index is 13.3. The third-order valence-corrected chi connectivity index (χ3v) is 10.9. The molecule has 21 heteroatoms. The van der Waals surface area contributed by atoms with Crippen molar-refractivity contribution in [3.8, 4) is 0 Å². The standard InChI is InChI=1S/C46H82N6O15/c1-35(24-25-41(57)58)45(64)51-37(21-17-19-28-52(32-42(59)60)33-43(61)62)46(65)50-36(44(47)63)20-16-18-26-48-39(54)34-67-31-30-66-29-27-49-38(53)22-14-12-10-8-6-4-2-3-5-7-9-11-13-15-23-40(55)56/h35-37H,2-34H2,1H3,(H2,47,63)(H,48,54)(H,49,53)(H,50,65)(H,51,64)(H,55,56)(H,57,58)(H,59,60)(H,61,62)/t35-,36-,37-/m0/s1. The highest BCUT2D eigenvalue weighted by molar-refractivity contribution is 5.92. The predicted molar refractivity (Wildman–Crippen MR) is 248 cm³/mol. The molecular formula is C46H82N6O15. The fourth-order valence-corrected chi connectivity index (χ4v) is 7.06. The van der Waals surface area contributed by atoms with Gasteiger partial charge in [0, 0.05) is 38.3 Å². The maximum Gasteiger partial charge on any atom is 0.317 e. The number of primary amides is 1. The van der Waals surface area contributed by atoms with Crippen LogP contribution in [0.25, 0.3) is 0 Å². The van der Waals surface area contributed by atoms with Crippen molar-refractivity contribution in [1.82, 2.24) is 26.2 Å². The second-order valence-electron chi connectivity index (χ2n) is 17.1. The number of amides is 5. The Bertz CT molecular complexity index is 1440. The number of nitrogens with one attached hydrogen (secondary N) is 4. The zero-order valence-electron chi connectivity index (χ0n) is 39.9. The van der Waals surface area contributed by atoms with Gasteiger partial charge in [-0.05, 0) is 64.3 Å². The van der Waals surface area contributed by atoms with Crippen LogP contribution in [0.4, 0.5) is 0 Å². The number of nitrogens with two attached hydrogens (primary N) is 1. The van der Waals surface area contributed by atoms with Crippen LogP contribution in [0.2, 0.25) is 0 Å². The van der Waals surface area contributed by atoms with Crippen LogP contribution in [0.15, 0.2) is 0 Å². The van der Waals surface area contributed by atoms with E-state index in [2.05, 4.69) is 21.3 Å². The molecule has 21 nitrogen and oxygen atoms in total. The number of carbonyl (C=O) groups excluding carboxylic acids is 5. The molecule has 0 aromatic carbocycles. The average Bonchev–Trinajstić information content (AvgIpc) is 3.25. The number of hydrogen-bond donors (Lipinski definition) is 9. The van der Waals surface area contributed by atoms with Gasteiger partial charge in [-0.15, -0.1) is 0 Å². The number of aliphatic carboxylic acids is 4. The minimum atomic E-state index is -1.21. The molecule has 386 valence electrons. The van der Waals surface area contributed by atoms with Crippen molar-refractivity contribution in [1.29, 1.82) is 0 Å². The first-order valence-corrected chi connectivity index (χ1v) is 24.2. The van der Waals surface area contributed by atoms with Crippen molar-refractivity contribution in [2.75, 3.05) is 59.2 Å². The van der Waals surface area contributed by atoms with E-state index in [0.29, 0.717) is 32.4 Å². The van der Waals surface area contributed by atoms with Crippen LogP contribution < -0.4 is 27.0 Å². The first-order chi connectivity index (χ1) is 32.0. The van der Waals surface area contributed by atoms with Crippen LogP contribution in [0.1, 0.15) is 161 Å². The van der Waals surface area contributed by atoms with E-state index >= 15 is 0 Å². The molecule has 0 fully saturated rings. The van der Waals surface area contributed by atoms with Gasteiger partial charge in [-0.1, -0.05) is 84.0 Å². The van der Waals surface area contributed by atoms with E-state index in [-0.39, 0.29) is 89.7 Å². The fourth-order valence-electron chi connectivity index (χ4n) is 7.06. The molecule has 0 aliphatic carbocycles. The zero-order valence-corrected chi connectivity index (χ0v) is 39.9. The van der Waals surface area contributed by atoms with Crippen molar-refractivity contribution in [3.63, 3.8) is 0 Å². The monoisotopic (exact) mass is 959 g/mol. The summed E-state index contributed by atoms with van der Waals surface area (Å²) < 4.78 is 10.8. The summed E-state index contributed by atoms with van der Waals surface area (Å²) >= 11 is 0. The summed E-state index contributed by atoms with van der Waals surface area (Å²) in [5.74, 6) is -7.44. The molecule has 0 aromatic rings. The van der Waals surface area contributed by atoms with Crippen molar-refractivity contribution >= 4 is 53.4 Å². The molecule has 0 aliphatic heterocycles. The molecular weight excluding hydrogens is 877 g/mol. The Morgan fingerprint density at radius 2 is 0.955 bits per heavy atom. The Kier molecular flexibility index (Phi) is 38.3. The van der Waals surface area contributed by atoms with Crippen molar-refractivity contribution in [2.24, 2.45) is 11.7 Å². The van der Waals surface area contributed by atoms with Gasteiger partial charge < -0.3 is 56.9 Å². The number of unbranched alkanes of at least 4 members (excludes halogenated alkanes) is 15. The average molecular weight is 959 g/mol. The lowest BCUT2D eigenvalue weighted by atomic mass is 10.0. The molecule has 0 bridgehead atoms. The van der Waals surface area contributed by atoms with E-state index in [4.69, 9.17) is 35.6 Å². The van der Waals surface area contributed by atoms with Gasteiger partial charge in [-0.3, -0.25) is 48.1 Å². The molecule has 5 amide bonds. The van der Waals surface area contributed by atoms with E-state index in [1.807, 2.05) is 0 Å². The first-order valence-electron chi connectivity index (χ1n) is 24.2. The first kappa shape index (κ1) is 62.1. The molecule has 0 heterocycles. The normalized spacial score (nSPS) is 12.4. The second-order valence-corrected chi connectivity index (χ2v) is 17.1. The minimum absolute atomic E-state index is 0.00494. The van der Waals surface area contributed by atoms with Crippen LogP contribution in [0.5, 0.6) is 0 Å². The van der Waals surface area contributed by atoms with Gasteiger partial charge in [-0.25, -0.2) is 0 Å². The fraction of sp³-hybridized carbons (Fsp3) is 0.804. The molecule has 0 rings (SSSR count). The minimum Gasteiger partial charge on any atom is -0.481 e. The largest absolute Gasteiger partial charge is 0.481 e. The van der Waals surface area contributed by atoms with E-state index < -0.39 is 72.7 Å². The van der Waals surface area contributed by atoms with Crippen LogP contribution in [-0.2, 0) is 52.6 Å². The molecule has 0 aliphatic rings. The van der Waals surface area contributed by atoms with Crippen LogP contribution in [0.3, 0.4) is 0 Å². The van der Waals surface area contributed by atoms with Gasteiger partial charge in [0.25, 0.3) is 0 Å². The third kappa shape index (κ3) is 39.9. The number of nitrogens with zero attached hydrogens (tertiary/aromatic N) is 1. The molecule has 0 saturated carbocycles. The highest BCUT2D eigenvalue weighted by Crippen LogP contribution is 2.14. The SMILES string of the molecule is C[C@@H](CCC(=O)O)C(=O)N[C@@H](CCCCN(CC(=O)O)CC(=O)O)C(=O)N[C@@H](CCCCNC(=O)COCCOCCNC(=O)CCCCCCCCCCCCCCCCC(=O)O)C(N)=O. The third-order valence-electron chi connectivity index (χ3n) is 10.9. The van der Waals surface area contributed by atoms with Gasteiger partial charge in [0.15, 0.2) is 0 Å². The predicted octanol–water partition coefficient (Wildman–Crippen LogP) is 3.35. The summed E-state index contributed by atoms with van der Waals surface area (Å²) in [7, 11) is 0. The molecule has 0 saturated heterocycles. The van der Waals surface area contributed by atoms with E-state index in [1.54, 1.807) is 0 Å². The number of ether oxygens (including phenoxy) is 2. The molecule has 3 atom stereocenters. The Morgan fingerprint density at radius 1 is 0.478 bits per heavy atom. The number of carboxylic acids is 4. The molecule has 0 aromatic heterocycles. The topological polar surface area (TPSA) is 330 Å². The Balaban J connectivity index is 4.25. The van der Waals surface area contributed by atoms with Crippen molar-refractivity contribution in [3.05, 3.63) is 0 Å². The molecule has 10 N–H and O–H groups in total. The number of hydrogen-bond acceptors (Lipinski definition) is 12. The lowest BCUT2D eigenvalue weighted by Crippen LogP contribution is -2.53. The second kappa shape index (κ2) is 41.3. The summed E-state index contributed by atoms with van der Waals surface area (Å²) in [5.41, 5.74) is 5.56. The van der Waals surface area contributed by atoms with Crippen molar-refractivity contribution in [2.45, 2.75) is 173 Å². The zero-order chi connectivity index (χ0) is 50.1. The summed E-state index contributed by atoms with van der Waals surface area (Å²) in [6.07, 6.45) is 17.8. The highest BCUT2D eigenvalue weighted by Gasteiger charge is 2.27. The molecule has 0 spiro atoms. The lowest BCUT2D eigenvalue weighted by Gasteiger charge is -2.24. The van der Waals surface area contributed by atoms with Gasteiger partial charge in [0.2, 0.25) is 29.5 Å². The Hall–Kier alpha value is -4.89. The number of carboxylic acid groups (broad SMARTS) is 4. The van der Waals surface area contributed by atoms with Crippen LogP contribution >= 0.6 is 0 Å². The summed E-state index contributed by atoms with van der Waals surface area (Å²) in [6, 6.07) is -2.26. The van der Waals surface area contributed by atoms with Gasteiger partial charge in [0.05, 0.1) is 32.9 Å². The highest BCUT2D eigenvalue weighted by atomic mass is 16.5. The van der Waals surface area contributed by atoms with Gasteiger partial charge in [0.1, 0.15) is 18.7 Å². The lowest BCUT2D eigenvalue weighted by molar-refractivity contribution is -0.142. The number of carbonyl (C=O) groups is 9. The number of rotatable bonds is 47. The summed E-state index contributed by atoms with van der Waals surface area (Å²) in [5, 5.41) is 46.5. The molecule has 0 radical (unpaired) electrons. The van der Waals surface area contributed by atoms with E-state index in [0.717, 1.165) is 38.5 Å². The van der Waals surface area contributed by atoms with Gasteiger partial charge >= 0.3 is 23.9 Å². The smallest absolute Gasteiger partial charge is 0.317 e. The van der Waals surface area contributed by atoms with Crippen molar-refractivity contribution < 1.29 is 73.1 Å². The summed E-state index contributed by atoms with van der Waals surface area (Å²) in [6.45, 7) is 1.77. The van der Waals surface area contributed by atoms with E-state index in [9.17, 15) is 43.2 Å². The Morgan fingerprint density at radius 3 is 1.49 bits per heavy atom. The maximum atomic E-state index is 13.3. The molecule has 67 heavy (non-hydrogen) atoms. The quantitative estimate of drug-likeness (QED) is 0.0395. The Labute approximate surface area is 395 Å². The van der Waals surface area contributed by atoms with Crippen LogP contribution in [0, 0.1) is 5.92 Å². The van der Waals surface area contributed by atoms with Crippen LogP contribution in [-0.4, -0.2) is 150 Å². The van der Waals surface area contributed by atoms with Gasteiger partial charge in [-0.2, -0.15) is 0 Å². The summed E-state index contributed by atoms with van der Waals surface area (Å²) in [4.78, 5) is 108. The van der Waals surface area contributed by atoms with E-state index in [1.165, 1.54) is 63.2 Å². The molecule has 0 unspecified atom stereocenters.